The topological polar surface area (TPSA) is 79.5 Å². The average molecular weight is 303 g/mol. The highest BCUT2D eigenvalue weighted by Crippen LogP contribution is 2.30. The summed E-state index contributed by atoms with van der Waals surface area (Å²) in [4.78, 5) is 23.4. The van der Waals surface area contributed by atoms with Crippen molar-refractivity contribution in [2.45, 2.75) is 31.8 Å². The van der Waals surface area contributed by atoms with E-state index in [0.29, 0.717) is 12.2 Å². The molecule has 1 aliphatic carbocycles. The number of amides is 3. The van der Waals surface area contributed by atoms with E-state index in [1.165, 1.54) is 0 Å². The molecule has 1 aliphatic heterocycles. The Labute approximate surface area is 129 Å². The second kappa shape index (κ2) is 6.79. The molecule has 118 valence electrons. The van der Waals surface area contributed by atoms with Crippen molar-refractivity contribution >= 4 is 23.3 Å². The predicted octanol–water partition coefficient (Wildman–Crippen LogP) is 2.34. The predicted molar refractivity (Wildman–Crippen MR) is 83.8 cm³/mol. The number of hydrogen-bond donors (Lipinski definition) is 3. The SMILES string of the molecule is O=C(NCC1CCCO1)Nc1ccc(NC(=O)C2CC2)cc1. The summed E-state index contributed by atoms with van der Waals surface area (Å²) in [7, 11) is 0. The van der Waals surface area contributed by atoms with Crippen LogP contribution in [0.1, 0.15) is 25.7 Å². The molecular weight excluding hydrogens is 282 g/mol. The van der Waals surface area contributed by atoms with Gasteiger partial charge in [0.15, 0.2) is 0 Å². The molecule has 3 rings (SSSR count). The summed E-state index contributed by atoms with van der Waals surface area (Å²) in [5.41, 5.74) is 1.44. The van der Waals surface area contributed by atoms with Crippen molar-refractivity contribution in [2.24, 2.45) is 5.92 Å². The van der Waals surface area contributed by atoms with Crippen molar-refractivity contribution in [3.05, 3.63) is 24.3 Å². The van der Waals surface area contributed by atoms with Crippen LogP contribution in [0.15, 0.2) is 24.3 Å². The van der Waals surface area contributed by atoms with Gasteiger partial charge in [-0.15, -0.1) is 0 Å². The van der Waals surface area contributed by atoms with Gasteiger partial charge in [0.05, 0.1) is 6.10 Å². The maximum Gasteiger partial charge on any atom is 0.319 e. The molecule has 2 fully saturated rings. The van der Waals surface area contributed by atoms with Gasteiger partial charge in [-0.05, 0) is 49.9 Å². The number of hydrogen-bond acceptors (Lipinski definition) is 3. The zero-order valence-electron chi connectivity index (χ0n) is 12.4. The first kappa shape index (κ1) is 14.8. The first-order valence-electron chi connectivity index (χ1n) is 7.78. The molecule has 0 bridgehead atoms. The fourth-order valence-electron chi connectivity index (χ4n) is 2.41. The van der Waals surface area contributed by atoms with E-state index in [2.05, 4.69) is 16.0 Å². The van der Waals surface area contributed by atoms with Gasteiger partial charge in [0, 0.05) is 30.4 Å². The molecule has 1 aromatic rings. The molecule has 22 heavy (non-hydrogen) atoms. The molecule has 0 spiro atoms. The second-order valence-electron chi connectivity index (χ2n) is 5.81. The Morgan fingerprint density at radius 2 is 1.73 bits per heavy atom. The third-order valence-corrected chi connectivity index (χ3v) is 3.87. The number of ether oxygens (including phenoxy) is 1. The van der Waals surface area contributed by atoms with Gasteiger partial charge in [0.25, 0.3) is 0 Å². The second-order valence-corrected chi connectivity index (χ2v) is 5.81. The Kier molecular flexibility index (Phi) is 4.58. The van der Waals surface area contributed by atoms with Gasteiger partial charge in [-0.25, -0.2) is 4.79 Å². The van der Waals surface area contributed by atoms with Crippen LogP contribution in [-0.2, 0) is 9.53 Å². The van der Waals surface area contributed by atoms with Crippen LogP contribution in [0.25, 0.3) is 0 Å². The van der Waals surface area contributed by atoms with E-state index in [1.807, 2.05) is 0 Å². The first-order chi connectivity index (χ1) is 10.7. The summed E-state index contributed by atoms with van der Waals surface area (Å²) in [6, 6.07) is 6.87. The van der Waals surface area contributed by atoms with Crippen molar-refractivity contribution in [1.82, 2.24) is 5.32 Å². The number of carbonyl (C=O) groups excluding carboxylic acids is 2. The largest absolute Gasteiger partial charge is 0.376 e. The van der Waals surface area contributed by atoms with Crippen LogP contribution in [0.2, 0.25) is 0 Å². The van der Waals surface area contributed by atoms with Crippen LogP contribution in [0.5, 0.6) is 0 Å². The summed E-state index contributed by atoms with van der Waals surface area (Å²) >= 11 is 0. The quantitative estimate of drug-likeness (QED) is 0.781. The molecule has 1 aromatic carbocycles. The Hall–Kier alpha value is -2.08. The molecular formula is C16H21N3O3. The molecule has 1 saturated carbocycles. The highest BCUT2D eigenvalue weighted by molar-refractivity contribution is 5.94. The Balaban J connectivity index is 1.43. The molecule has 0 radical (unpaired) electrons. The number of carbonyl (C=O) groups is 2. The van der Waals surface area contributed by atoms with Gasteiger partial charge in [0.1, 0.15) is 0 Å². The summed E-state index contributed by atoms with van der Waals surface area (Å²) in [6.07, 6.45) is 4.15. The van der Waals surface area contributed by atoms with Crippen molar-refractivity contribution in [3.8, 4) is 0 Å². The van der Waals surface area contributed by atoms with Crippen LogP contribution < -0.4 is 16.0 Å². The number of benzene rings is 1. The van der Waals surface area contributed by atoms with Gasteiger partial charge >= 0.3 is 6.03 Å². The third kappa shape index (κ3) is 4.21. The van der Waals surface area contributed by atoms with Gasteiger partial charge in [-0.1, -0.05) is 0 Å². The molecule has 6 heteroatoms. The van der Waals surface area contributed by atoms with Crippen LogP contribution in [-0.4, -0.2) is 31.2 Å². The van der Waals surface area contributed by atoms with Gasteiger partial charge in [-0.3, -0.25) is 4.79 Å². The normalized spacial score (nSPS) is 20.5. The summed E-state index contributed by atoms with van der Waals surface area (Å²) in [5.74, 6) is 0.261. The van der Waals surface area contributed by atoms with Crippen LogP contribution in [0.3, 0.4) is 0 Å². The lowest BCUT2D eigenvalue weighted by Gasteiger charge is -2.12. The smallest absolute Gasteiger partial charge is 0.319 e. The van der Waals surface area contributed by atoms with Crippen molar-refractivity contribution in [1.29, 1.82) is 0 Å². The maximum atomic E-state index is 11.8. The van der Waals surface area contributed by atoms with E-state index in [1.54, 1.807) is 24.3 Å². The molecule has 1 atom stereocenters. The van der Waals surface area contributed by atoms with E-state index < -0.39 is 0 Å². The van der Waals surface area contributed by atoms with Crippen LogP contribution >= 0.6 is 0 Å². The van der Waals surface area contributed by atoms with E-state index in [4.69, 9.17) is 4.74 Å². The van der Waals surface area contributed by atoms with Crippen molar-refractivity contribution in [2.75, 3.05) is 23.8 Å². The van der Waals surface area contributed by atoms with E-state index in [9.17, 15) is 9.59 Å². The molecule has 2 aliphatic rings. The Morgan fingerprint density at radius 1 is 1.05 bits per heavy atom. The molecule has 3 N–H and O–H groups in total. The summed E-state index contributed by atoms with van der Waals surface area (Å²) < 4.78 is 5.45. The molecule has 1 unspecified atom stereocenters. The number of nitrogens with one attached hydrogen (secondary N) is 3. The minimum absolute atomic E-state index is 0.0787. The van der Waals surface area contributed by atoms with Gasteiger partial charge in [-0.2, -0.15) is 0 Å². The highest BCUT2D eigenvalue weighted by Gasteiger charge is 2.29. The van der Waals surface area contributed by atoms with E-state index in [0.717, 1.165) is 38.0 Å². The fourth-order valence-corrected chi connectivity index (χ4v) is 2.41. The van der Waals surface area contributed by atoms with Crippen molar-refractivity contribution < 1.29 is 14.3 Å². The Bertz CT molecular complexity index is 534. The number of urea groups is 1. The Morgan fingerprint density at radius 3 is 2.32 bits per heavy atom. The summed E-state index contributed by atoms with van der Waals surface area (Å²) in [5, 5.41) is 8.42. The van der Waals surface area contributed by atoms with Gasteiger partial charge in [0.2, 0.25) is 5.91 Å². The molecule has 1 saturated heterocycles. The molecule has 3 amide bonds. The number of rotatable bonds is 5. The van der Waals surface area contributed by atoms with E-state index >= 15 is 0 Å². The first-order valence-corrected chi connectivity index (χ1v) is 7.78. The zero-order valence-corrected chi connectivity index (χ0v) is 12.4. The lowest BCUT2D eigenvalue weighted by Crippen LogP contribution is -2.35. The van der Waals surface area contributed by atoms with E-state index in [-0.39, 0.29) is 24.0 Å². The molecule has 6 nitrogen and oxygen atoms in total. The average Bonchev–Trinajstić information content (AvgIpc) is 3.24. The minimum atomic E-state index is -0.245. The van der Waals surface area contributed by atoms with Crippen molar-refractivity contribution in [3.63, 3.8) is 0 Å². The van der Waals surface area contributed by atoms with Crippen LogP contribution in [0, 0.1) is 5.92 Å². The lowest BCUT2D eigenvalue weighted by atomic mass is 10.2. The molecule has 1 heterocycles. The lowest BCUT2D eigenvalue weighted by molar-refractivity contribution is -0.117. The molecule has 0 aromatic heterocycles. The maximum absolute atomic E-state index is 11.8. The summed E-state index contributed by atoms with van der Waals surface area (Å²) in [6.45, 7) is 1.31. The number of anilines is 2. The highest BCUT2D eigenvalue weighted by atomic mass is 16.5. The van der Waals surface area contributed by atoms with Crippen LogP contribution in [0.4, 0.5) is 16.2 Å². The fraction of sp³-hybridized carbons (Fsp3) is 0.500. The minimum Gasteiger partial charge on any atom is -0.376 e. The monoisotopic (exact) mass is 303 g/mol. The third-order valence-electron chi connectivity index (χ3n) is 3.87. The standard InChI is InChI=1S/C16H21N3O3/c20-15(11-3-4-11)18-12-5-7-13(8-6-12)19-16(21)17-10-14-2-1-9-22-14/h5-8,11,14H,1-4,9-10H2,(H,18,20)(H2,17,19,21). The zero-order chi connectivity index (χ0) is 15.4. The van der Waals surface area contributed by atoms with Gasteiger partial charge < -0.3 is 20.7 Å².